The fourth-order valence-corrected chi connectivity index (χ4v) is 5.18. The smallest absolute Gasteiger partial charge is 0.232 e. The van der Waals surface area contributed by atoms with Crippen molar-refractivity contribution in [2.75, 3.05) is 18.5 Å². The maximum Gasteiger partial charge on any atom is 0.232 e. The van der Waals surface area contributed by atoms with Gasteiger partial charge in [-0.25, -0.2) is 0 Å². The van der Waals surface area contributed by atoms with Gasteiger partial charge in [-0.2, -0.15) is 0 Å². The molecule has 1 saturated heterocycles. The molecule has 1 aliphatic heterocycles. The molecular weight excluding hydrogens is 404 g/mol. The van der Waals surface area contributed by atoms with E-state index in [-0.39, 0.29) is 23.5 Å². The minimum Gasteiger partial charge on any atom is -0.491 e. The summed E-state index contributed by atoms with van der Waals surface area (Å²) < 4.78 is 5.71. The number of amides is 2. The Labute approximate surface area is 192 Å². The van der Waals surface area contributed by atoms with Crippen molar-refractivity contribution in [2.45, 2.75) is 96.8 Å². The van der Waals surface area contributed by atoms with Crippen LogP contribution in [0.5, 0.6) is 5.75 Å². The summed E-state index contributed by atoms with van der Waals surface area (Å²) in [4.78, 5) is 29.5. The number of ether oxygens (including phenoxy) is 1. The second kappa shape index (κ2) is 9.05. The lowest BCUT2D eigenvalue weighted by molar-refractivity contribution is -0.142. The summed E-state index contributed by atoms with van der Waals surface area (Å²) in [6.07, 6.45) is 4.51. The van der Waals surface area contributed by atoms with Gasteiger partial charge in [0, 0.05) is 36.7 Å². The molecule has 1 saturated carbocycles. The van der Waals surface area contributed by atoms with E-state index in [9.17, 15) is 14.7 Å². The Morgan fingerprint density at radius 1 is 1.12 bits per heavy atom. The Kier molecular flexibility index (Phi) is 6.94. The summed E-state index contributed by atoms with van der Waals surface area (Å²) in [7, 11) is 1.82. The molecule has 1 aromatic rings. The van der Waals surface area contributed by atoms with Crippen LogP contribution in [0.15, 0.2) is 24.3 Å². The summed E-state index contributed by atoms with van der Waals surface area (Å²) in [5, 5.41) is 11.3. The zero-order chi connectivity index (χ0) is 23.7. The van der Waals surface area contributed by atoms with Crippen LogP contribution in [0.2, 0.25) is 0 Å². The van der Waals surface area contributed by atoms with Crippen molar-refractivity contribution in [3.8, 4) is 5.75 Å². The van der Waals surface area contributed by atoms with Crippen LogP contribution in [-0.2, 0) is 9.59 Å². The summed E-state index contributed by atoms with van der Waals surface area (Å²) in [5.74, 6) is 1.01. The molecule has 0 unspecified atom stereocenters. The fraction of sp³-hybridized carbons (Fsp3) is 0.692. The second-order valence-corrected chi connectivity index (χ2v) is 10.7. The van der Waals surface area contributed by atoms with Crippen LogP contribution in [0.4, 0.5) is 5.69 Å². The van der Waals surface area contributed by atoms with Gasteiger partial charge in [-0.1, -0.05) is 6.92 Å². The van der Waals surface area contributed by atoms with E-state index in [0.717, 1.165) is 24.3 Å². The summed E-state index contributed by atoms with van der Waals surface area (Å²) in [6.45, 7) is 10.5. The van der Waals surface area contributed by atoms with Gasteiger partial charge in [0.05, 0.1) is 11.7 Å². The molecule has 2 amide bonds. The lowest BCUT2D eigenvalue weighted by Crippen LogP contribution is -2.54. The monoisotopic (exact) mass is 444 g/mol. The molecule has 2 aliphatic rings. The minimum absolute atomic E-state index is 0.0946. The summed E-state index contributed by atoms with van der Waals surface area (Å²) in [6, 6.07) is 7.62. The molecule has 1 aromatic carbocycles. The van der Waals surface area contributed by atoms with Crippen LogP contribution in [0.1, 0.15) is 79.6 Å². The number of aliphatic hydroxyl groups is 1. The Morgan fingerprint density at radius 2 is 1.72 bits per heavy atom. The molecule has 1 aliphatic carbocycles. The van der Waals surface area contributed by atoms with Gasteiger partial charge in [-0.15, -0.1) is 0 Å². The summed E-state index contributed by atoms with van der Waals surface area (Å²) in [5.41, 5.74) is -0.791. The molecule has 0 atom stereocenters. The zero-order valence-electron chi connectivity index (χ0n) is 20.6. The number of benzene rings is 1. The van der Waals surface area contributed by atoms with E-state index >= 15 is 0 Å². The highest BCUT2D eigenvalue weighted by molar-refractivity contribution is 5.97. The van der Waals surface area contributed by atoms with E-state index in [2.05, 4.69) is 20.8 Å². The van der Waals surface area contributed by atoms with E-state index in [0.29, 0.717) is 38.6 Å². The number of carbonyl (C=O) groups is 2. The van der Waals surface area contributed by atoms with Crippen LogP contribution in [0.25, 0.3) is 0 Å². The molecule has 6 nitrogen and oxygen atoms in total. The van der Waals surface area contributed by atoms with Crippen LogP contribution in [-0.4, -0.2) is 52.7 Å². The Balaban J connectivity index is 1.68. The first kappa shape index (κ1) is 24.6. The lowest BCUT2D eigenvalue weighted by atomic mass is 9.66. The highest BCUT2D eigenvalue weighted by atomic mass is 16.5. The quantitative estimate of drug-likeness (QED) is 0.670. The Morgan fingerprint density at radius 3 is 2.19 bits per heavy atom. The summed E-state index contributed by atoms with van der Waals surface area (Å²) >= 11 is 0. The molecule has 1 heterocycles. The van der Waals surface area contributed by atoms with Crippen LogP contribution < -0.4 is 9.64 Å². The van der Waals surface area contributed by atoms with Crippen molar-refractivity contribution in [2.24, 2.45) is 5.41 Å². The average Bonchev–Trinajstić information content (AvgIpc) is 3.00. The molecule has 32 heavy (non-hydrogen) atoms. The van der Waals surface area contributed by atoms with Crippen LogP contribution in [0.3, 0.4) is 0 Å². The van der Waals surface area contributed by atoms with Gasteiger partial charge in [0.2, 0.25) is 11.8 Å². The van der Waals surface area contributed by atoms with E-state index in [4.69, 9.17) is 4.74 Å². The van der Waals surface area contributed by atoms with Gasteiger partial charge < -0.3 is 19.6 Å². The van der Waals surface area contributed by atoms with Gasteiger partial charge in [0.25, 0.3) is 0 Å². The number of carbonyl (C=O) groups excluding carboxylic acids is 2. The molecular formula is C26H40N2O4. The van der Waals surface area contributed by atoms with Crippen molar-refractivity contribution >= 4 is 17.5 Å². The molecule has 1 N–H and O–H groups in total. The molecule has 0 spiro atoms. The van der Waals surface area contributed by atoms with Crippen molar-refractivity contribution in [3.05, 3.63) is 24.3 Å². The zero-order valence-corrected chi connectivity index (χ0v) is 20.6. The third kappa shape index (κ3) is 4.95. The van der Waals surface area contributed by atoms with E-state index in [1.54, 1.807) is 4.90 Å². The fourth-order valence-electron chi connectivity index (χ4n) is 5.18. The number of hydrogen-bond donors (Lipinski definition) is 1. The molecule has 0 aromatic heterocycles. The maximum atomic E-state index is 13.6. The van der Waals surface area contributed by atoms with Gasteiger partial charge in [-0.3, -0.25) is 9.59 Å². The van der Waals surface area contributed by atoms with Gasteiger partial charge in [0.1, 0.15) is 5.75 Å². The average molecular weight is 445 g/mol. The number of nitrogens with zero attached hydrogens (tertiary/aromatic N) is 2. The number of anilines is 1. The highest BCUT2D eigenvalue weighted by Crippen LogP contribution is 2.46. The first-order valence-corrected chi connectivity index (χ1v) is 12.0. The van der Waals surface area contributed by atoms with Gasteiger partial charge >= 0.3 is 0 Å². The number of likely N-dealkylation sites (tertiary alicyclic amines) is 1. The first-order valence-electron chi connectivity index (χ1n) is 12.0. The third-order valence-electron chi connectivity index (χ3n) is 7.60. The normalized spacial score (nSPS) is 27.6. The van der Waals surface area contributed by atoms with Crippen molar-refractivity contribution in [3.63, 3.8) is 0 Å². The van der Waals surface area contributed by atoms with E-state index < -0.39 is 11.0 Å². The number of rotatable bonds is 7. The molecule has 0 bridgehead atoms. The Bertz CT molecular complexity index is 823. The number of hydrogen-bond acceptors (Lipinski definition) is 4. The SMILES string of the molecule is CCC1(C(=O)N(C)c2ccc(OC(C)C)cc2)CCC(O)(CN2C(=O)CCC2(C)C)CC1. The first-order chi connectivity index (χ1) is 14.9. The van der Waals surface area contributed by atoms with Crippen molar-refractivity contribution in [1.29, 1.82) is 0 Å². The topological polar surface area (TPSA) is 70.1 Å². The predicted octanol–water partition coefficient (Wildman–Crippen LogP) is 4.54. The van der Waals surface area contributed by atoms with Gasteiger partial charge in [0.15, 0.2) is 0 Å². The highest BCUT2D eigenvalue weighted by Gasteiger charge is 2.49. The van der Waals surface area contributed by atoms with Gasteiger partial charge in [-0.05, 0) is 90.5 Å². The lowest BCUT2D eigenvalue weighted by Gasteiger charge is -2.46. The second-order valence-electron chi connectivity index (χ2n) is 10.7. The van der Waals surface area contributed by atoms with Crippen LogP contribution >= 0.6 is 0 Å². The minimum atomic E-state index is -0.926. The molecule has 0 radical (unpaired) electrons. The predicted molar refractivity (Wildman–Crippen MR) is 127 cm³/mol. The van der Waals surface area contributed by atoms with E-state index in [1.807, 2.05) is 50.1 Å². The molecule has 178 valence electrons. The standard InChI is InChI=1S/C26H40N2O4/c1-7-25(23(30)27(6)20-8-10-21(11-9-20)32-19(2)3)14-16-26(31,17-15-25)18-28-22(29)12-13-24(28,4)5/h8-11,19,31H,7,12-18H2,1-6H3. The number of β-amino-alcohol motifs (C(OH)–C–C–N with tert-alkyl or cyclic N) is 1. The van der Waals surface area contributed by atoms with Crippen molar-refractivity contribution in [1.82, 2.24) is 4.90 Å². The molecule has 6 heteroatoms. The van der Waals surface area contributed by atoms with Crippen molar-refractivity contribution < 1.29 is 19.4 Å². The maximum absolute atomic E-state index is 13.6. The molecule has 3 rings (SSSR count). The largest absolute Gasteiger partial charge is 0.491 e. The van der Waals surface area contributed by atoms with E-state index in [1.165, 1.54) is 0 Å². The third-order valence-corrected chi connectivity index (χ3v) is 7.60. The van der Waals surface area contributed by atoms with Crippen LogP contribution in [0, 0.1) is 5.41 Å². The Hall–Kier alpha value is -2.08. The molecule has 2 fully saturated rings.